The van der Waals surface area contributed by atoms with Gasteiger partial charge < -0.3 is 10.5 Å². The number of aryl methyl sites for hydroxylation is 1. The Bertz CT molecular complexity index is 1090. The third-order valence-corrected chi connectivity index (χ3v) is 7.07. The van der Waals surface area contributed by atoms with Gasteiger partial charge in [-0.2, -0.15) is 0 Å². The van der Waals surface area contributed by atoms with Gasteiger partial charge >= 0.3 is 0 Å². The molecule has 0 bridgehead atoms. The zero-order chi connectivity index (χ0) is 31.0. The Morgan fingerprint density at radius 3 is 1.90 bits per heavy atom. The second-order valence-corrected chi connectivity index (χ2v) is 11.0. The average Bonchev–Trinajstić information content (AvgIpc) is 2.92. The van der Waals surface area contributed by atoms with Gasteiger partial charge in [-0.25, -0.2) is 0 Å². The third-order valence-electron chi connectivity index (χ3n) is 7.07. The first-order valence-corrected chi connectivity index (χ1v) is 14.4. The normalized spacial score (nSPS) is 12.6. The van der Waals surface area contributed by atoms with Crippen LogP contribution in [0, 0.1) is 38.0 Å². The minimum Gasteiger partial charge on any atom is -0.489 e. The Balaban J connectivity index is 0. The van der Waals surface area contributed by atoms with Gasteiger partial charge in [-0.1, -0.05) is 91.5 Å². The predicted molar refractivity (Wildman–Crippen MR) is 176 cm³/mol. The van der Waals surface area contributed by atoms with Gasteiger partial charge in [0.1, 0.15) is 12.4 Å². The molecule has 2 aromatic rings. The maximum Gasteiger partial charge on any atom is 0.120 e. The van der Waals surface area contributed by atoms with E-state index in [2.05, 4.69) is 97.6 Å². The molecule has 0 fully saturated rings. The van der Waals surface area contributed by atoms with E-state index in [-0.39, 0.29) is 5.41 Å². The highest BCUT2D eigenvalue weighted by atomic mass is 16.5. The van der Waals surface area contributed by atoms with Crippen LogP contribution in [0.2, 0.25) is 0 Å². The quantitative estimate of drug-likeness (QED) is 0.344. The molecule has 0 aromatic heterocycles. The molecule has 2 aromatic carbocycles. The van der Waals surface area contributed by atoms with Gasteiger partial charge in [0.05, 0.1) is 0 Å². The molecule has 0 aliphatic rings. The molecule has 216 valence electrons. The van der Waals surface area contributed by atoms with Crippen molar-refractivity contribution < 1.29 is 4.74 Å². The summed E-state index contributed by atoms with van der Waals surface area (Å²) >= 11 is 0. The maximum atomic E-state index is 6.43. The highest BCUT2D eigenvalue weighted by Gasteiger charge is 2.29. The molecule has 0 saturated heterocycles. The predicted octanol–water partition coefficient (Wildman–Crippen LogP) is 10.2. The maximum absolute atomic E-state index is 6.43. The number of rotatable bonds is 8. The second kappa shape index (κ2) is 18.4. The number of hydrogen-bond donors (Lipinski definition) is 1. The Kier molecular flexibility index (Phi) is 18.0. The van der Waals surface area contributed by atoms with E-state index in [0.29, 0.717) is 12.5 Å². The largest absolute Gasteiger partial charge is 0.489 e. The summed E-state index contributed by atoms with van der Waals surface area (Å²) in [6.07, 6.45) is 16.0. The van der Waals surface area contributed by atoms with E-state index >= 15 is 0 Å². The van der Waals surface area contributed by atoms with Crippen LogP contribution < -0.4 is 10.5 Å². The molecule has 0 aliphatic heterocycles. The number of nitrogens with two attached hydrogens (primary N) is 1. The summed E-state index contributed by atoms with van der Waals surface area (Å²) in [7, 11) is 0. The molecule has 1 atom stereocenters. The lowest BCUT2D eigenvalue weighted by Crippen LogP contribution is -2.28. The lowest BCUT2D eigenvalue weighted by atomic mass is 9.71. The van der Waals surface area contributed by atoms with Gasteiger partial charge in [-0.3, -0.25) is 0 Å². The number of hydrogen-bond acceptors (Lipinski definition) is 2. The lowest BCUT2D eigenvalue weighted by molar-refractivity contribution is 0.302. The van der Waals surface area contributed by atoms with Gasteiger partial charge in [0.2, 0.25) is 0 Å². The Hall–Kier alpha value is -2.94. The summed E-state index contributed by atoms with van der Waals surface area (Å²) in [6, 6.07) is 13.1. The highest BCUT2D eigenvalue weighted by Crippen LogP contribution is 2.36. The molecular weight excluding hydrogens is 474 g/mol. The van der Waals surface area contributed by atoms with Crippen molar-refractivity contribution in [3.8, 4) is 30.9 Å². The molecule has 1 unspecified atom stereocenters. The van der Waals surface area contributed by atoms with Crippen LogP contribution in [-0.2, 0) is 17.6 Å². The van der Waals surface area contributed by atoms with Crippen LogP contribution in [-0.4, -0.2) is 0 Å². The Morgan fingerprint density at radius 1 is 0.923 bits per heavy atom. The molecular formula is C37H57NO. The minimum absolute atomic E-state index is 0.145. The second-order valence-electron chi connectivity index (χ2n) is 11.0. The SMILES string of the molecule is C#C.C#C/C(C)=C(/C)c1cc(OCc2cc(C)cc(C(C)(CC)C(C)C)c2)cc(C(C)(C)N)c1.CC.CCC. The molecule has 0 radical (unpaired) electrons. The minimum atomic E-state index is -0.477. The van der Waals surface area contributed by atoms with Crippen LogP contribution in [0.25, 0.3) is 5.57 Å². The number of terminal acetylenes is 2. The van der Waals surface area contributed by atoms with Crippen LogP contribution in [0.5, 0.6) is 5.75 Å². The molecule has 2 nitrogen and oxygen atoms in total. The molecule has 2 heteroatoms. The van der Waals surface area contributed by atoms with Crippen molar-refractivity contribution in [1.82, 2.24) is 0 Å². The van der Waals surface area contributed by atoms with Crippen LogP contribution in [0.1, 0.15) is 124 Å². The van der Waals surface area contributed by atoms with Gasteiger partial charge in [-0.15, -0.1) is 19.3 Å². The fourth-order valence-corrected chi connectivity index (χ4v) is 3.98. The zero-order valence-electron chi connectivity index (χ0n) is 27.4. The van der Waals surface area contributed by atoms with Gasteiger partial charge in [0, 0.05) is 11.1 Å². The number of ether oxygens (including phenoxy) is 1. The van der Waals surface area contributed by atoms with E-state index in [0.717, 1.165) is 34.4 Å². The third kappa shape index (κ3) is 11.8. The molecule has 0 spiro atoms. The van der Waals surface area contributed by atoms with Crippen molar-refractivity contribution in [1.29, 1.82) is 0 Å². The summed E-state index contributed by atoms with van der Waals surface area (Å²) in [6.45, 7) is 28.2. The molecule has 0 amide bonds. The van der Waals surface area contributed by atoms with E-state index in [1.165, 1.54) is 23.1 Å². The fourth-order valence-electron chi connectivity index (χ4n) is 3.98. The number of benzene rings is 2. The summed E-state index contributed by atoms with van der Waals surface area (Å²) in [5.74, 6) is 4.12. The van der Waals surface area contributed by atoms with Crippen molar-refractivity contribution in [2.45, 2.75) is 120 Å². The van der Waals surface area contributed by atoms with E-state index in [1.54, 1.807) is 0 Å². The van der Waals surface area contributed by atoms with E-state index in [4.69, 9.17) is 16.9 Å². The Labute approximate surface area is 242 Å². The number of allylic oxidation sites excluding steroid dienone is 2. The van der Waals surface area contributed by atoms with E-state index in [1.807, 2.05) is 47.6 Å². The first kappa shape index (κ1) is 38.2. The van der Waals surface area contributed by atoms with Gasteiger partial charge in [0.25, 0.3) is 0 Å². The van der Waals surface area contributed by atoms with Crippen molar-refractivity contribution in [3.05, 3.63) is 69.8 Å². The monoisotopic (exact) mass is 531 g/mol. The lowest BCUT2D eigenvalue weighted by Gasteiger charge is -2.34. The van der Waals surface area contributed by atoms with E-state index in [9.17, 15) is 0 Å². The Morgan fingerprint density at radius 2 is 1.46 bits per heavy atom. The van der Waals surface area contributed by atoms with Gasteiger partial charge in [-0.05, 0) is 98.4 Å². The average molecular weight is 532 g/mol. The molecule has 2 N–H and O–H groups in total. The van der Waals surface area contributed by atoms with Crippen molar-refractivity contribution >= 4 is 5.57 Å². The summed E-state index contributed by atoms with van der Waals surface area (Å²) in [4.78, 5) is 0. The topological polar surface area (TPSA) is 35.2 Å². The van der Waals surface area contributed by atoms with E-state index < -0.39 is 5.54 Å². The van der Waals surface area contributed by atoms with Crippen LogP contribution in [0.3, 0.4) is 0 Å². The molecule has 39 heavy (non-hydrogen) atoms. The first-order valence-electron chi connectivity index (χ1n) is 14.4. The van der Waals surface area contributed by atoms with Crippen molar-refractivity contribution in [2.24, 2.45) is 11.7 Å². The molecule has 2 rings (SSSR count). The standard InChI is InChI=1S/C30H41NO.C3H8.C2H6.C2H2/c1-11-22(6)23(7)25-16-26(29(8,9)31)18-28(17-25)32-19-24-13-21(5)14-27(15-24)30(10,12-2)20(3)4;1-3-2;2*1-2/h1,13-18,20H,12,19,31H2,2-10H3;3H2,1-2H3;1-2H3;1-2H/b23-22-;;;. The molecule has 0 saturated carbocycles. The van der Waals surface area contributed by atoms with Crippen molar-refractivity contribution in [2.75, 3.05) is 0 Å². The molecule has 0 aliphatic carbocycles. The van der Waals surface area contributed by atoms with Crippen LogP contribution >= 0.6 is 0 Å². The fraction of sp³-hybridized carbons (Fsp3) is 0.514. The van der Waals surface area contributed by atoms with Gasteiger partial charge in [0.15, 0.2) is 0 Å². The first-order chi connectivity index (χ1) is 18.2. The van der Waals surface area contributed by atoms with Crippen LogP contribution in [0.15, 0.2) is 42.0 Å². The summed E-state index contributed by atoms with van der Waals surface area (Å²) in [5.41, 5.74) is 14.0. The smallest absolute Gasteiger partial charge is 0.120 e. The summed E-state index contributed by atoms with van der Waals surface area (Å²) < 4.78 is 6.32. The zero-order valence-corrected chi connectivity index (χ0v) is 27.4. The summed E-state index contributed by atoms with van der Waals surface area (Å²) in [5, 5.41) is 0. The van der Waals surface area contributed by atoms with Crippen molar-refractivity contribution in [3.63, 3.8) is 0 Å². The highest BCUT2D eigenvalue weighted by molar-refractivity contribution is 5.71. The van der Waals surface area contributed by atoms with Crippen LogP contribution in [0.4, 0.5) is 0 Å². The molecule has 0 heterocycles.